The molecule has 0 bridgehead atoms. The van der Waals surface area contributed by atoms with Gasteiger partial charge in [-0.2, -0.15) is 0 Å². The molecule has 3 nitrogen and oxygen atoms in total. The lowest BCUT2D eigenvalue weighted by molar-refractivity contribution is 0.238. The molecule has 1 N–H and O–H groups in total. The summed E-state index contributed by atoms with van der Waals surface area (Å²) in [6, 6.07) is 8.43. The topological polar surface area (TPSA) is 24.5 Å². The number of hydrogen-bond acceptors (Lipinski definition) is 3. The molecule has 0 saturated carbocycles. The molecule has 0 fully saturated rings. The molecule has 0 aliphatic rings. The molecule has 1 rings (SSSR count). The van der Waals surface area contributed by atoms with Crippen molar-refractivity contribution in [2.75, 3.05) is 40.3 Å². The average molecular weight is 264 g/mol. The zero-order valence-corrected chi connectivity index (χ0v) is 13.0. The second-order valence-corrected chi connectivity index (χ2v) is 6.03. The third-order valence-corrected chi connectivity index (χ3v) is 3.21. The fourth-order valence-corrected chi connectivity index (χ4v) is 1.78. The Labute approximate surface area is 118 Å². The third kappa shape index (κ3) is 6.08. The van der Waals surface area contributed by atoms with Crippen molar-refractivity contribution in [3.8, 4) is 5.75 Å². The molecular formula is C16H28N2O. The Kier molecular flexibility index (Phi) is 6.32. The first-order chi connectivity index (χ1) is 8.93. The maximum Gasteiger partial charge on any atom is 0.119 e. The van der Waals surface area contributed by atoms with Crippen molar-refractivity contribution in [3.05, 3.63) is 29.8 Å². The van der Waals surface area contributed by atoms with Gasteiger partial charge in [0.1, 0.15) is 12.4 Å². The van der Waals surface area contributed by atoms with E-state index in [1.54, 1.807) is 0 Å². The largest absolute Gasteiger partial charge is 0.492 e. The van der Waals surface area contributed by atoms with Crippen molar-refractivity contribution >= 4 is 0 Å². The highest BCUT2D eigenvalue weighted by Crippen LogP contribution is 2.24. The SMILES string of the molecule is CNCCN(C)CCOc1ccc(C(C)(C)C)cc1. The van der Waals surface area contributed by atoms with E-state index in [4.69, 9.17) is 4.74 Å². The standard InChI is InChI=1S/C16H28N2O/c1-16(2,3)14-6-8-15(9-7-14)19-13-12-18(5)11-10-17-4/h6-9,17H,10-13H2,1-5H3. The maximum absolute atomic E-state index is 5.76. The number of nitrogens with one attached hydrogen (secondary N) is 1. The number of likely N-dealkylation sites (N-methyl/N-ethyl adjacent to an activating group) is 2. The van der Waals surface area contributed by atoms with Gasteiger partial charge in [-0.05, 0) is 37.2 Å². The predicted molar refractivity (Wildman–Crippen MR) is 82.1 cm³/mol. The fourth-order valence-electron chi connectivity index (χ4n) is 1.78. The van der Waals surface area contributed by atoms with Crippen LogP contribution in [0.2, 0.25) is 0 Å². The molecule has 108 valence electrons. The highest BCUT2D eigenvalue weighted by Gasteiger charge is 2.12. The molecule has 0 aromatic heterocycles. The molecule has 0 radical (unpaired) electrons. The van der Waals surface area contributed by atoms with E-state index in [9.17, 15) is 0 Å². The summed E-state index contributed by atoms with van der Waals surface area (Å²) < 4.78 is 5.76. The van der Waals surface area contributed by atoms with E-state index in [0.717, 1.165) is 32.0 Å². The van der Waals surface area contributed by atoms with Crippen molar-refractivity contribution < 1.29 is 4.74 Å². The lowest BCUT2D eigenvalue weighted by Gasteiger charge is -2.20. The summed E-state index contributed by atoms with van der Waals surface area (Å²) in [6.45, 7) is 10.4. The van der Waals surface area contributed by atoms with Crippen LogP contribution in [0, 0.1) is 0 Å². The number of rotatable bonds is 7. The highest BCUT2D eigenvalue weighted by molar-refractivity contribution is 5.31. The van der Waals surface area contributed by atoms with E-state index in [1.165, 1.54) is 5.56 Å². The number of nitrogens with zero attached hydrogens (tertiary/aromatic N) is 1. The molecule has 0 unspecified atom stereocenters. The minimum absolute atomic E-state index is 0.200. The zero-order chi connectivity index (χ0) is 14.3. The van der Waals surface area contributed by atoms with Crippen molar-refractivity contribution in [1.29, 1.82) is 0 Å². The molecule has 0 saturated heterocycles. The van der Waals surface area contributed by atoms with Crippen molar-refractivity contribution in [3.63, 3.8) is 0 Å². The van der Waals surface area contributed by atoms with E-state index >= 15 is 0 Å². The summed E-state index contributed by atoms with van der Waals surface area (Å²) in [7, 11) is 4.09. The van der Waals surface area contributed by atoms with Crippen LogP contribution in [0.5, 0.6) is 5.75 Å². The lowest BCUT2D eigenvalue weighted by atomic mass is 9.87. The van der Waals surface area contributed by atoms with Crippen LogP contribution in [0.15, 0.2) is 24.3 Å². The van der Waals surface area contributed by atoms with E-state index in [-0.39, 0.29) is 5.41 Å². The van der Waals surface area contributed by atoms with Crippen LogP contribution < -0.4 is 10.1 Å². The van der Waals surface area contributed by atoms with Gasteiger partial charge in [-0.25, -0.2) is 0 Å². The molecule has 0 atom stereocenters. The molecule has 0 heterocycles. The molecule has 3 heteroatoms. The molecule has 0 spiro atoms. The van der Waals surface area contributed by atoms with Crippen LogP contribution in [-0.4, -0.2) is 45.2 Å². The first kappa shape index (κ1) is 16.0. The summed E-state index contributed by atoms with van der Waals surface area (Å²) in [4.78, 5) is 2.26. The summed E-state index contributed by atoms with van der Waals surface area (Å²) in [6.07, 6.45) is 0. The van der Waals surface area contributed by atoms with Gasteiger partial charge in [0, 0.05) is 19.6 Å². The monoisotopic (exact) mass is 264 g/mol. The third-order valence-electron chi connectivity index (χ3n) is 3.21. The van der Waals surface area contributed by atoms with E-state index in [2.05, 4.69) is 62.3 Å². The summed E-state index contributed by atoms with van der Waals surface area (Å²) >= 11 is 0. The smallest absolute Gasteiger partial charge is 0.119 e. The van der Waals surface area contributed by atoms with E-state index in [0.29, 0.717) is 0 Å². The molecular weight excluding hydrogens is 236 g/mol. The number of ether oxygens (including phenoxy) is 1. The van der Waals surface area contributed by atoms with Gasteiger partial charge < -0.3 is 15.0 Å². The van der Waals surface area contributed by atoms with Crippen LogP contribution in [0.4, 0.5) is 0 Å². The Hall–Kier alpha value is -1.06. The van der Waals surface area contributed by atoms with Crippen LogP contribution in [0.1, 0.15) is 26.3 Å². The van der Waals surface area contributed by atoms with Crippen molar-refractivity contribution in [2.45, 2.75) is 26.2 Å². The molecule has 19 heavy (non-hydrogen) atoms. The molecule has 0 aliphatic heterocycles. The lowest BCUT2D eigenvalue weighted by Crippen LogP contribution is -2.30. The number of benzene rings is 1. The Morgan fingerprint density at radius 1 is 1.11 bits per heavy atom. The maximum atomic E-state index is 5.76. The van der Waals surface area contributed by atoms with Gasteiger partial charge in [-0.3, -0.25) is 0 Å². The number of hydrogen-bond donors (Lipinski definition) is 1. The van der Waals surface area contributed by atoms with E-state index < -0.39 is 0 Å². The van der Waals surface area contributed by atoms with Crippen LogP contribution in [0.3, 0.4) is 0 Å². The van der Waals surface area contributed by atoms with Gasteiger partial charge >= 0.3 is 0 Å². The normalized spacial score (nSPS) is 11.9. The summed E-state index contributed by atoms with van der Waals surface area (Å²) in [5.74, 6) is 0.954. The predicted octanol–water partition coefficient (Wildman–Crippen LogP) is 2.51. The Morgan fingerprint density at radius 2 is 1.74 bits per heavy atom. The molecule has 1 aromatic carbocycles. The van der Waals surface area contributed by atoms with Gasteiger partial charge in [-0.1, -0.05) is 32.9 Å². The second-order valence-electron chi connectivity index (χ2n) is 6.03. The average Bonchev–Trinajstić information content (AvgIpc) is 2.36. The first-order valence-corrected chi connectivity index (χ1v) is 7.00. The van der Waals surface area contributed by atoms with Gasteiger partial charge in [0.25, 0.3) is 0 Å². The Balaban J connectivity index is 2.34. The van der Waals surface area contributed by atoms with Crippen LogP contribution in [0.25, 0.3) is 0 Å². The minimum atomic E-state index is 0.200. The Bertz CT molecular complexity index is 354. The van der Waals surface area contributed by atoms with E-state index in [1.807, 2.05) is 7.05 Å². The van der Waals surface area contributed by atoms with Gasteiger partial charge in [-0.15, -0.1) is 0 Å². The van der Waals surface area contributed by atoms with Gasteiger partial charge in [0.2, 0.25) is 0 Å². The van der Waals surface area contributed by atoms with Gasteiger partial charge in [0.15, 0.2) is 0 Å². The van der Waals surface area contributed by atoms with Crippen LogP contribution >= 0.6 is 0 Å². The van der Waals surface area contributed by atoms with Crippen molar-refractivity contribution in [1.82, 2.24) is 10.2 Å². The highest BCUT2D eigenvalue weighted by atomic mass is 16.5. The summed E-state index contributed by atoms with van der Waals surface area (Å²) in [5, 5.41) is 3.14. The first-order valence-electron chi connectivity index (χ1n) is 7.00. The quantitative estimate of drug-likeness (QED) is 0.819. The molecule has 0 aliphatic carbocycles. The summed E-state index contributed by atoms with van der Waals surface area (Å²) in [5.41, 5.74) is 1.54. The zero-order valence-electron chi connectivity index (χ0n) is 13.0. The second kappa shape index (κ2) is 7.51. The van der Waals surface area contributed by atoms with Crippen LogP contribution in [-0.2, 0) is 5.41 Å². The molecule has 1 aromatic rings. The van der Waals surface area contributed by atoms with Gasteiger partial charge in [0.05, 0.1) is 0 Å². The molecule has 0 amide bonds. The van der Waals surface area contributed by atoms with Crippen molar-refractivity contribution in [2.24, 2.45) is 0 Å². The minimum Gasteiger partial charge on any atom is -0.492 e. The fraction of sp³-hybridized carbons (Fsp3) is 0.625. The Morgan fingerprint density at radius 3 is 2.26 bits per heavy atom.